The molecule has 0 spiro atoms. The molecule has 5 rings (SSSR count). The number of para-hydroxylation sites is 1. The second-order valence-corrected chi connectivity index (χ2v) is 9.51. The number of oxazole rings is 1. The average Bonchev–Trinajstić information content (AvgIpc) is 3.47. The fraction of sp³-hybridized carbons (Fsp3) is 0.182. The van der Waals surface area contributed by atoms with Crippen LogP contribution in [0.15, 0.2) is 120 Å². The molecule has 1 atom stereocenters. The van der Waals surface area contributed by atoms with Crippen molar-refractivity contribution < 1.29 is 13.9 Å². The van der Waals surface area contributed by atoms with E-state index in [1.165, 1.54) is 11.8 Å². The van der Waals surface area contributed by atoms with Crippen molar-refractivity contribution >= 4 is 5.91 Å². The normalized spacial score (nSPS) is 11.8. The molecule has 3 aromatic carbocycles. The summed E-state index contributed by atoms with van der Waals surface area (Å²) in [6, 6.07) is 34.0. The number of hydrogen-bond acceptors (Lipinski definition) is 6. The summed E-state index contributed by atoms with van der Waals surface area (Å²) < 4.78 is 11.8. The fourth-order valence-electron chi connectivity index (χ4n) is 4.44. The van der Waals surface area contributed by atoms with Crippen molar-refractivity contribution in [2.75, 3.05) is 6.54 Å². The number of hydrogen-bond donors (Lipinski definition) is 1. The number of benzene rings is 3. The Hall–Kier alpha value is -4.75. The second-order valence-electron chi connectivity index (χ2n) is 9.51. The van der Waals surface area contributed by atoms with Gasteiger partial charge >= 0.3 is 0 Å². The van der Waals surface area contributed by atoms with E-state index in [4.69, 9.17) is 9.15 Å². The number of pyridine rings is 1. The first-order chi connectivity index (χ1) is 19.6. The van der Waals surface area contributed by atoms with Gasteiger partial charge in [0, 0.05) is 37.4 Å². The van der Waals surface area contributed by atoms with Gasteiger partial charge in [-0.25, -0.2) is 4.98 Å². The van der Waals surface area contributed by atoms with Crippen molar-refractivity contribution in [1.82, 2.24) is 20.2 Å². The van der Waals surface area contributed by atoms with Crippen LogP contribution in [0.25, 0.3) is 0 Å². The van der Waals surface area contributed by atoms with E-state index >= 15 is 0 Å². The number of nitrogens with zero attached hydrogens (tertiary/aromatic N) is 3. The van der Waals surface area contributed by atoms with Crippen molar-refractivity contribution in [3.8, 4) is 11.5 Å². The van der Waals surface area contributed by atoms with Crippen LogP contribution in [-0.4, -0.2) is 27.3 Å². The third-order valence-electron chi connectivity index (χ3n) is 6.61. The van der Waals surface area contributed by atoms with E-state index in [1.54, 1.807) is 6.20 Å². The standard InChI is InChI=1S/C33H32N4O3/c1-25(27-12-4-2-5-13-27)37(22-26-11-10-17-30(21-26)40-29-15-6-3-7-16-29)23-32-36-31(24-39-32)33(38)35-20-18-28-14-8-9-19-34-28/h2-17,19,21,24-25H,18,20,22-23H2,1H3,(H,35,38)/t25-/m0/s1. The summed E-state index contributed by atoms with van der Waals surface area (Å²) in [6.07, 6.45) is 3.81. The summed E-state index contributed by atoms with van der Waals surface area (Å²) >= 11 is 0. The van der Waals surface area contributed by atoms with Gasteiger partial charge in [0.1, 0.15) is 17.8 Å². The van der Waals surface area contributed by atoms with Gasteiger partial charge in [-0.05, 0) is 54.4 Å². The van der Waals surface area contributed by atoms with Gasteiger partial charge < -0.3 is 14.5 Å². The molecule has 202 valence electrons. The maximum Gasteiger partial charge on any atom is 0.273 e. The Bertz CT molecular complexity index is 1490. The summed E-state index contributed by atoms with van der Waals surface area (Å²) in [7, 11) is 0. The van der Waals surface area contributed by atoms with E-state index in [0.29, 0.717) is 31.9 Å². The molecule has 2 aromatic heterocycles. The van der Waals surface area contributed by atoms with E-state index in [0.717, 1.165) is 22.8 Å². The molecule has 5 aromatic rings. The summed E-state index contributed by atoms with van der Waals surface area (Å²) in [5, 5.41) is 2.90. The average molecular weight is 533 g/mol. The first kappa shape index (κ1) is 26.8. The Morgan fingerprint density at radius 1 is 0.900 bits per heavy atom. The van der Waals surface area contributed by atoms with Crippen LogP contribution in [0.5, 0.6) is 11.5 Å². The van der Waals surface area contributed by atoms with E-state index in [9.17, 15) is 4.79 Å². The maximum atomic E-state index is 12.7. The minimum atomic E-state index is -0.264. The van der Waals surface area contributed by atoms with E-state index in [1.807, 2.05) is 84.9 Å². The van der Waals surface area contributed by atoms with Crippen LogP contribution in [-0.2, 0) is 19.5 Å². The number of ether oxygens (including phenoxy) is 1. The monoisotopic (exact) mass is 532 g/mol. The lowest BCUT2D eigenvalue weighted by molar-refractivity contribution is 0.0949. The number of aromatic nitrogens is 2. The third-order valence-corrected chi connectivity index (χ3v) is 6.61. The molecule has 0 saturated carbocycles. The quantitative estimate of drug-likeness (QED) is 0.195. The molecule has 0 radical (unpaired) electrons. The molecular weight excluding hydrogens is 500 g/mol. The van der Waals surface area contributed by atoms with Crippen LogP contribution in [0.2, 0.25) is 0 Å². The molecular formula is C33H32N4O3. The van der Waals surface area contributed by atoms with Crippen LogP contribution in [0.1, 0.15) is 46.2 Å². The molecule has 1 N–H and O–H groups in total. The molecule has 0 bridgehead atoms. The van der Waals surface area contributed by atoms with Gasteiger partial charge in [0.15, 0.2) is 5.69 Å². The molecule has 40 heavy (non-hydrogen) atoms. The van der Waals surface area contributed by atoms with Gasteiger partial charge in [-0.15, -0.1) is 0 Å². The lowest BCUT2D eigenvalue weighted by Gasteiger charge is -2.28. The van der Waals surface area contributed by atoms with Crippen molar-refractivity contribution in [3.63, 3.8) is 0 Å². The van der Waals surface area contributed by atoms with Gasteiger partial charge in [0.25, 0.3) is 5.91 Å². The van der Waals surface area contributed by atoms with Crippen molar-refractivity contribution in [2.24, 2.45) is 0 Å². The summed E-state index contributed by atoms with van der Waals surface area (Å²) in [5.41, 5.74) is 3.46. The molecule has 0 fully saturated rings. The summed E-state index contributed by atoms with van der Waals surface area (Å²) in [4.78, 5) is 23.8. The van der Waals surface area contributed by atoms with E-state index in [2.05, 4.69) is 45.3 Å². The Balaban J connectivity index is 1.27. The first-order valence-corrected chi connectivity index (χ1v) is 13.4. The Morgan fingerprint density at radius 3 is 2.42 bits per heavy atom. The number of rotatable bonds is 12. The highest BCUT2D eigenvalue weighted by Gasteiger charge is 2.21. The predicted octanol–water partition coefficient (Wildman–Crippen LogP) is 6.60. The minimum absolute atomic E-state index is 0.0717. The highest BCUT2D eigenvalue weighted by molar-refractivity contribution is 5.91. The van der Waals surface area contributed by atoms with Crippen LogP contribution >= 0.6 is 0 Å². The Kier molecular flexibility index (Phi) is 8.96. The molecule has 7 nitrogen and oxygen atoms in total. The largest absolute Gasteiger partial charge is 0.457 e. The third kappa shape index (κ3) is 7.42. The SMILES string of the molecule is C[C@@H](c1ccccc1)N(Cc1cccc(Oc2ccccc2)c1)Cc1nc(C(=O)NCCc2ccccn2)co1. The van der Waals surface area contributed by atoms with Gasteiger partial charge in [-0.2, -0.15) is 0 Å². The van der Waals surface area contributed by atoms with E-state index in [-0.39, 0.29) is 17.6 Å². The number of carbonyl (C=O) groups excluding carboxylic acids is 1. The molecule has 0 unspecified atom stereocenters. The van der Waals surface area contributed by atoms with Crippen LogP contribution in [0.4, 0.5) is 0 Å². The molecule has 2 heterocycles. The predicted molar refractivity (Wildman–Crippen MR) is 154 cm³/mol. The highest BCUT2D eigenvalue weighted by atomic mass is 16.5. The Labute approximate surface area is 234 Å². The minimum Gasteiger partial charge on any atom is -0.457 e. The van der Waals surface area contributed by atoms with Crippen molar-refractivity contribution in [2.45, 2.75) is 32.5 Å². The highest BCUT2D eigenvalue weighted by Crippen LogP contribution is 2.27. The number of carbonyl (C=O) groups is 1. The Morgan fingerprint density at radius 2 is 1.65 bits per heavy atom. The van der Waals surface area contributed by atoms with Gasteiger partial charge in [-0.1, -0.05) is 66.7 Å². The zero-order valence-corrected chi connectivity index (χ0v) is 22.4. The number of nitrogens with one attached hydrogen (secondary N) is 1. The summed E-state index contributed by atoms with van der Waals surface area (Å²) in [5.74, 6) is 1.78. The molecule has 0 aliphatic carbocycles. The fourth-order valence-corrected chi connectivity index (χ4v) is 4.44. The molecule has 0 saturated heterocycles. The van der Waals surface area contributed by atoms with Crippen LogP contribution in [0.3, 0.4) is 0 Å². The summed E-state index contributed by atoms with van der Waals surface area (Å²) in [6.45, 7) is 3.70. The van der Waals surface area contributed by atoms with Gasteiger partial charge in [0.05, 0.1) is 6.54 Å². The molecule has 0 aliphatic heterocycles. The number of amides is 1. The van der Waals surface area contributed by atoms with Gasteiger partial charge in [0.2, 0.25) is 5.89 Å². The van der Waals surface area contributed by atoms with Crippen LogP contribution < -0.4 is 10.1 Å². The second kappa shape index (κ2) is 13.4. The topological polar surface area (TPSA) is 80.5 Å². The maximum absolute atomic E-state index is 12.7. The first-order valence-electron chi connectivity index (χ1n) is 13.4. The lowest BCUT2D eigenvalue weighted by atomic mass is 10.1. The van der Waals surface area contributed by atoms with Crippen LogP contribution in [0, 0.1) is 0 Å². The molecule has 0 aliphatic rings. The molecule has 7 heteroatoms. The van der Waals surface area contributed by atoms with Gasteiger partial charge in [-0.3, -0.25) is 14.7 Å². The lowest BCUT2D eigenvalue weighted by Crippen LogP contribution is -2.27. The molecule has 1 amide bonds. The van der Waals surface area contributed by atoms with Crippen molar-refractivity contribution in [1.29, 1.82) is 0 Å². The smallest absolute Gasteiger partial charge is 0.273 e. The van der Waals surface area contributed by atoms with Crippen molar-refractivity contribution in [3.05, 3.63) is 144 Å². The zero-order valence-electron chi connectivity index (χ0n) is 22.4. The zero-order chi connectivity index (χ0) is 27.6. The van der Waals surface area contributed by atoms with E-state index < -0.39 is 0 Å².